The molecule has 100 valence electrons. The van der Waals surface area contributed by atoms with Gasteiger partial charge < -0.3 is 5.11 Å². The van der Waals surface area contributed by atoms with E-state index < -0.39 is 0 Å². The van der Waals surface area contributed by atoms with Crippen molar-refractivity contribution >= 4 is 17.5 Å². The highest BCUT2D eigenvalue weighted by atomic mass is 16.3. The molecule has 2 aromatic rings. The Morgan fingerprint density at radius 2 is 1.15 bits per heavy atom. The second-order valence-electron chi connectivity index (χ2n) is 4.02. The summed E-state index contributed by atoms with van der Waals surface area (Å²) in [4.78, 5) is 23.5. The van der Waals surface area contributed by atoms with Gasteiger partial charge in [-0.15, -0.1) is 0 Å². The van der Waals surface area contributed by atoms with E-state index in [0.29, 0.717) is 11.4 Å². The minimum absolute atomic E-state index is 0.281. The number of anilines is 1. The van der Waals surface area contributed by atoms with Crippen LogP contribution in [0.15, 0.2) is 72.8 Å². The molecule has 0 atom stereocenters. The maximum Gasteiger partial charge on any atom is 0.258 e. The van der Waals surface area contributed by atoms with Gasteiger partial charge in [-0.2, -0.15) is 0 Å². The molecule has 1 heterocycles. The molecule has 0 saturated carbocycles. The number of imide groups is 1. The standard InChI is InChI=1S/C10H7NO2.C6H6O/c12-9-6-7-10(13)11(9)8-4-2-1-3-5-8;7-6-4-2-1-3-5-6/h1-7H;1-5,7H. The van der Waals surface area contributed by atoms with E-state index >= 15 is 0 Å². The summed E-state index contributed by atoms with van der Waals surface area (Å²) >= 11 is 0. The fourth-order valence-corrected chi connectivity index (χ4v) is 1.66. The maximum atomic E-state index is 11.2. The van der Waals surface area contributed by atoms with Gasteiger partial charge in [0.2, 0.25) is 0 Å². The Kier molecular flexibility index (Phi) is 4.29. The highest BCUT2D eigenvalue weighted by Crippen LogP contribution is 2.17. The molecule has 4 heteroatoms. The van der Waals surface area contributed by atoms with Crippen LogP contribution in [0.4, 0.5) is 5.69 Å². The first-order valence-electron chi connectivity index (χ1n) is 6.03. The van der Waals surface area contributed by atoms with Crippen molar-refractivity contribution in [2.75, 3.05) is 4.90 Å². The summed E-state index contributed by atoms with van der Waals surface area (Å²) in [6, 6.07) is 17.6. The Morgan fingerprint density at radius 3 is 1.55 bits per heavy atom. The zero-order valence-electron chi connectivity index (χ0n) is 10.6. The number of phenols is 1. The molecule has 2 amide bonds. The Hall–Kier alpha value is -2.88. The molecule has 0 saturated heterocycles. The lowest BCUT2D eigenvalue weighted by Crippen LogP contribution is -2.29. The molecule has 0 bridgehead atoms. The van der Waals surface area contributed by atoms with Gasteiger partial charge >= 0.3 is 0 Å². The van der Waals surface area contributed by atoms with Gasteiger partial charge in [0.25, 0.3) is 11.8 Å². The van der Waals surface area contributed by atoms with Crippen molar-refractivity contribution in [1.29, 1.82) is 0 Å². The molecule has 0 aromatic heterocycles. The van der Waals surface area contributed by atoms with Gasteiger partial charge in [0.15, 0.2) is 0 Å². The summed E-state index contributed by atoms with van der Waals surface area (Å²) in [6.45, 7) is 0. The molecular weight excluding hydrogens is 254 g/mol. The van der Waals surface area contributed by atoms with Gasteiger partial charge in [-0.25, -0.2) is 4.90 Å². The number of carbonyl (C=O) groups is 2. The van der Waals surface area contributed by atoms with Gasteiger partial charge in [0, 0.05) is 12.2 Å². The number of hydrogen-bond acceptors (Lipinski definition) is 3. The topological polar surface area (TPSA) is 57.6 Å². The second kappa shape index (κ2) is 6.33. The second-order valence-corrected chi connectivity index (χ2v) is 4.02. The molecule has 0 unspecified atom stereocenters. The van der Waals surface area contributed by atoms with Crippen molar-refractivity contribution in [3.63, 3.8) is 0 Å². The van der Waals surface area contributed by atoms with Crippen molar-refractivity contribution in [2.45, 2.75) is 0 Å². The Bertz CT molecular complexity index is 603. The number of benzene rings is 2. The van der Waals surface area contributed by atoms with E-state index in [4.69, 9.17) is 5.11 Å². The molecule has 0 aliphatic carbocycles. The third-order valence-electron chi connectivity index (χ3n) is 2.58. The summed E-state index contributed by atoms with van der Waals surface area (Å²) < 4.78 is 0. The third kappa shape index (κ3) is 3.32. The van der Waals surface area contributed by atoms with Gasteiger partial charge in [0.1, 0.15) is 5.75 Å². The van der Waals surface area contributed by atoms with Crippen LogP contribution in [0, 0.1) is 0 Å². The third-order valence-corrected chi connectivity index (χ3v) is 2.58. The zero-order valence-corrected chi connectivity index (χ0v) is 10.6. The SMILES string of the molecule is O=C1C=CC(=O)N1c1ccccc1.Oc1ccccc1. The van der Waals surface area contributed by atoms with E-state index in [-0.39, 0.29) is 11.8 Å². The fraction of sp³-hybridized carbons (Fsp3) is 0. The number of phenolic OH excluding ortho intramolecular Hbond substituents is 1. The quantitative estimate of drug-likeness (QED) is 0.808. The molecule has 0 fully saturated rings. The number of nitrogens with zero attached hydrogens (tertiary/aromatic N) is 1. The monoisotopic (exact) mass is 267 g/mol. The van der Waals surface area contributed by atoms with Crippen LogP contribution < -0.4 is 4.90 Å². The zero-order chi connectivity index (χ0) is 14.4. The number of para-hydroxylation sites is 2. The van der Waals surface area contributed by atoms with Crippen LogP contribution in [0.5, 0.6) is 5.75 Å². The van der Waals surface area contributed by atoms with Crippen LogP contribution in [-0.2, 0) is 9.59 Å². The Morgan fingerprint density at radius 1 is 0.700 bits per heavy atom. The number of rotatable bonds is 1. The lowest BCUT2D eigenvalue weighted by molar-refractivity contribution is -0.119. The predicted molar refractivity (Wildman–Crippen MR) is 76.2 cm³/mol. The van der Waals surface area contributed by atoms with Crippen LogP contribution in [0.3, 0.4) is 0 Å². The normalized spacial score (nSPS) is 13.1. The molecular formula is C16H13NO3. The van der Waals surface area contributed by atoms with Gasteiger partial charge in [-0.3, -0.25) is 9.59 Å². The molecule has 0 spiro atoms. The molecule has 1 aliphatic heterocycles. The summed E-state index contributed by atoms with van der Waals surface area (Å²) in [5.74, 6) is -0.241. The van der Waals surface area contributed by atoms with Crippen molar-refractivity contribution in [1.82, 2.24) is 0 Å². The average molecular weight is 267 g/mol. The highest BCUT2D eigenvalue weighted by Gasteiger charge is 2.24. The molecule has 2 aromatic carbocycles. The van der Waals surface area contributed by atoms with Crippen molar-refractivity contribution < 1.29 is 14.7 Å². The van der Waals surface area contributed by atoms with E-state index in [2.05, 4.69) is 0 Å². The van der Waals surface area contributed by atoms with E-state index in [1.807, 2.05) is 12.1 Å². The lowest BCUT2D eigenvalue weighted by atomic mass is 10.3. The van der Waals surface area contributed by atoms with Crippen molar-refractivity contribution in [3.8, 4) is 5.75 Å². The maximum absolute atomic E-state index is 11.2. The summed E-state index contributed by atoms with van der Waals surface area (Å²) in [5, 5.41) is 8.63. The van der Waals surface area contributed by atoms with Crippen LogP contribution >= 0.6 is 0 Å². The van der Waals surface area contributed by atoms with E-state index in [1.54, 1.807) is 48.5 Å². The smallest absolute Gasteiger partial charge is 0.258 e. The molecule has 1 N–H and O–H groups in total. The minimum atomic E-state index is -0.281. The van der Waals surface area contributed by atoms with Crippen molar-refractivity contribution in [2.24, 2.45) is 0 Å². The lowest BCUT2D eigenvalue weighted by Gasteiger charge is -2.12. The largest absolute Gasteiger partial charge is 0.508 e. The summed E-state index contributed by atoms with van der Waals surface area (Å²) in [6.07, 6.45) is 2.55. The van der Waals surface area contributed by atoms with Gasteiger partial charge in [0.05, 0.1) is 5.69 Å². The Labute approximate surface area is 116 Å². The molecule has 1 aliphatic rings. The van der Waals surface area contributed by atoms with Gasteiger partial charge in [-0.05, 0) is 24.3 Å². The van der Waals surface area contributed by atoms with E-state index in [9.17, 15) is 9.59 Å². The van der Waals surface area contributed by atoms with E-state index in [0.717, 1.165) is 4.90 Å². The summed E-state index contributed by atoms with van der Waals surface area (Å²) in [7, 11) is 0. The average Bonchev–Trinajstić information content (AvgIpc) is 2.81. The Balaban J connectivity index is 0.000000178. The number of hydrogen-bond donors (Lipinski definition) is 1. The van der Waals surface area contributed by atoms with Crippen LogP contribution in [0.1, 0.15) is 0 Å². The first kappa shape index (κ1) is 13.5. The van der Waals surface area contributed by atoms with Gasteiger partial charge in [-0.1, -0.05) is 36.4 Å². The first-order chi connectivity index (χ1) is 9.68. The van der Waals surface area contributed by atoms with Crippen LogP contribution in [-0.4, -0.2) is 16.9 Å². The van der Waals surface area contributed by atoms with Crippen LogP contribution in [0.2, 0.25) is 0 Å². The first-order valence-corrected chi connectivity index (χ1v) is 6.03. The number of carbonyl (C=O) groups excluding carboxylic acids is 2. The minimum Gasteiger partial charge on any atom is -0.508 e. The molecule has 3 rings (SSSR count). The fourth-order valence-electron chi connectivity index (χ4n) is 1.66. The predicted octanol–water partition coefficient (Wildman–Crippen LogP) is 2.51. The molecule has 0 radical (unpaired) electrons. The highest BCUT2D eigenvalue weighted by molar-refractivity contribution is 6.28. The number of aromatic hydroxyl groups is 1. The number of amides is 2. The van der Waals surface area contributed by atoms with Crippen molar-refractivity contribution in [3.05, 3.63) is 72.8 Å². The van der Waals surface area contributed by atoms with Crippen LogP contribution in [0.25, 0.3) is 0 Å². The molecule has 4 nitrogen and oxygen atoms in total. The van der Waals surface area contributed by atoms with E-state index in [1.165, 1.54) is 12.2 Å². The molecule has 20 heavy (non-hydrogen) atoms. The summed E-state index contributed by atoms with van der Waals surface area (Å²) in [5.41, 5.74) is 0.613.